The lowest BCUT2D eigenvalue weighted by atomic mass is 10.1. The standard InChI is InChI=1S/C18H18F3N3/c1-2-16-23-17-14(18(19,20)21)4-3-5-15(17)24(16)13-8-6-12(7-9-13)10-11-22/h3-9H,2,10-11,22H2,1H3. The number of imidazole rings is 1. The van der Waals surface area contributed by atoms with Gasteiger partial charge >= 0.3 is 6.18 Å². The first kappa shape index (κ1) is 16.5. The molecule has 0 spiro atoms. The van der Waals surface area contributed by atoms with Gasteiger partial charge in [0.15, 0.2) is 0 Å². The first-order chi connectivity index (χ1) is 11.5. The molecule has 0 fully saturated rings. The molecule has 0 unspecified atom stereocenters. The van der Waals surface area contributed by atoms with E-state index in [0.717, 1.165) is 23.7 Å². The molecule has 0 amide bonds. The predicted octanol–water partition coefficient (Wildman–Crippen LogP) is 4.11. The zero-order valence-corrected chi connectivity index (χ0v) is 13.3. The van der Waals surface area contributed by atoms with Crippen molar-refractivity contribution in [3.05, 3.63) is 59.4 Å². The van der Waals surface area contributed by atoms with Crippen molar-refractivity contribution in [3.63, 3.8) is 0 Å². The van der Waals surface area contributed by atoms with Gasteiger partial charge in [0.25, 0.3) is 0 Å². The third-order valence-electron chi connectivity index (χ3n) is 4.00. The van der Waals surface area contributed by atoms with Crippen LogP contribution in [-0.2, 0) is 19.0 Å². The summed E-state index contributed by atoms with van der Waals surface area (Å²) in [5, 5.41) is 0. The Kier molecular flexibility index (Phi) is 4.32. The lowest BCUT2D eigenvalue weighted by molar-refractivity contribution is -0.136. The van der Waals surface area contributed by atoms with E-state index >= 15 is 0 Å². The van der Waals surface area contributed by atoms with Crippen LogP contribution in [0, 0.1) is 0 Å². The molecule has 0 radical (unpaired) electrons. The molecule has 0 aliphatic rings. The average molecular weight is 333 g/mol. The molecule has 3 rings (SSSR count). The fraction of sp³-hybridized carbons (Fsp3) is 0.278. The minimum atomic E-state index is -4.42. The number of para-hydroxylation sites is 1. The van der Waals surface area contributed by atoms with E-state index in [2.05, 4.69) is 4.98 Å². The summed E-state index contributed by atoms with van der Waals surface area (Å²) in [6.07, 6.45) is -3.12. The van der Waals surface area contributed by atoms with Crippen molar-refractivity contribution in [3.8, 4) is 5.69 Å². The van der Waals surface area contributed by atoms with Crippen molar-refractivity contribution in [2.45, 2.75) is 25.9 Å². The summed E-state index contributed by atoms with van der Waals surface area (Å²) in [5.41, 5.74) is 7.20. The summed E-state index contributed by atoms with van der Waals surface area (Å²) >= 11 is 0. The molecule has 1 aromatic heterocycles. The number of fused-ring (bicyclic) bond motifs is 1. The fourth-order valence-electron chi connectivity index (χ4n) is 2.88. The van der Waals surface area contributed by atoms with Crippen LogP contribution in [0.3, 0.4) is 0 Å². The van der Waals surface area contributed by atoms with Crippen molar-refractivity contribution >= 4 is 11.0 Å². The van der Waals surface area contributed by atoms with Gasteiger partial charge < -0.3 is 5.73 Å². The Morgan fingerprint density at radius 1 is 1.08 bits per heavy atom. The van der Waals surface area contributed by atoms with Crippen molar-refractivity contribution in [1.29, 1.82) is 0 Å². The van der Waals surface area contributed by atoms with E-state index < -0.39 is 11.7 Å². The molecule has 0 aliphatic carbocycles. The number of rotatable bonds is 4. The number of benzene rings is 2. The zero-order chi connectivity index (χ0) is 17.3. The van der Waals surface area contributed by atoms with E-state index in [4.69, 9.17) is 5.73 Å². The normalized spacial score (nSPS) is 12.0. The average Bonchev–Trinajstić information content (AvgIpc) is 2.93. The molecule has 0 bridgehead atoms. The third-order valence-corrected chi connectivity index (χ3v) is 4.00. The Morgan fingerprint density at radius 2 is 1.79 bits per heavy atom. The lowest BCUT2D eigenvalue weighted by Gasteiger charge is -2.10. The highest BCUT2D eigenvalue weighted by Gasteiger charge is 2.34. The van der Waals surface area contributed by atoms with Crippen LogP contribution in [0.25, 0.3) is 16.7 Å². The number of nitrogens with two attached hydrogens (primary N) is 1. The van der Waals surface area contributed by atoms with Gasteiger partial charge in [-0.3, -0.25) is 4.57 Å². The minimum Gasteiger partial charge on any atom is -0.330 e. The quantitative estimate of drug-likeness (QED) is 0.781. The Morgan fingerprint density at radius 3 is 2.38 bits per heavy atom. The Labute approximate surface area is 137 Å². The van der Waals surface area contributed by atoms with Crippen molar-refractivity contribution in [2.24, 2.45) is 5.73 Å². The van der Waals surface area contributed by atoms with Crippen LogP contribution in [0.4, 0.5) is 13.2 Å². The van der Waals surface area contributed by atoms with Gasteiger partial charge in [-0.05, 0) is 42.8 Å². The largest absolute Gasteiger partial charge is 0.418 e. The Balaban J connectivity index is 2.20. The second-order valence-electron chi connectivity index (χ2n) is 5.59. The highest BCUT2D eigenvalue weighted by atomic mass is 19.4. The van der Waals surface area contributed by atoms with E-state index in [0.29, 0.717) is 24.3 Å². The van der Waals surface area contributed by atoms with Crippen LogP contribution in [-0.4, -0.2) is 16.1 Å². The summed E-state index contributed by atoms with van der Waals surface area (Å²) in [6, 6.07) is 11.8. The number of aryl methyl sites for hydroxylation is 1. The summed E-state index contributed by atoms with van der Waals surface area (Å²) in [6.45, 7) is 2.44. The van der Waals surface area contributed by atoms with Gasteiger partial charge in [-0.2, -0.15) is 13.2 Å². The van der Waals surface area contributed by atoms with Crippen LogP contribution in [0.2, 0.25) is 0 Å². The first-order valence-corrected chi connectivity index (χ1v) is 7.82. The molecule has 0 saturated heterocycles. The molecular formula is C18H18F3N3. The molecule has 0 aliphatic heterocycles. The van der Waals surface area contributed by atoms with E-state index in [9.17, 15) is 13.2 Å². The van der Waals surface area contributed by atoms with Crippen molar-refractivity contribution in [2.75, 3.05) is 6.54 Å². The number of hydrogen-bond donors (Lipinski definition) is 1. The maximum Gasteiger partial charge on any atom is 0.418 e. The van der Waals surface area contributed by atoms with Gasteiger partial charge in [-0.1, -0.05) is 25.1 Å². The van der Waals surface area contributed by atoms with Gasteiger partial charge in [0.05, 0.1) is 11.1 Å². The summed E-state index contributed by atoms with van der Waals surface area (Å²) < 4.78 is 41.5. The summed E-state index contributed by atoms with van der Waals surface area (Å²) in [7, 11) is 0. The maximum absolute atomic E-state index is 13.2. The fourth-order valence-corrected chi connectivity index (χ4v) is 2.88. The van der Waals surface area contributed by atoms with Crippen LogP contribution in [0.1, 0.15) is 23.9 Å². The number of alkyl halides is 3. The molecule has 1 heterocycles. The SMILES string of the molecule is CCc1nc2c(C(F)(F)F)cccc2n1-c1ccc(CCN)cc1. The summed E-state index contributed by atoms with van der Waals surface area (Å²) in [5.74, 6) is 0.605. The molecule has 3 aromatic rings. The number of aromatic nitrogens is 2. The third kappa shape index (κ3) is 2.89. The molecular weight excluding hydrogens is 315 g/mol. The number of hydrogen-bond acceptors (Lipinski definition) is 2. The zero-order valence-electron chi connectivity index (χ0n) is 13.3. The summed E-state index contributed by atoms with van der Waals surface area (Å²) in [4.78, 5) is 4.26. The minimum absolute atomic E-state index is 0.00659. The Hall–Kier alpha value is -2.34. The van der Waals surface area contributed by atoms with Gasteiger partial charge in [0, 0.05) is 12.1 Å². The van der Waals surface area contributed by atoms with Gasteiger partial charge in [-0.25, -0.2) is 4.98 Å². The molecule has 3 nitrogen and oxygen atoms in total. The number of nitrogens with zero attached hydrogens (tertiary/aromatic N) is 2. The van der Waals surface area contributed by atoms with Crippen LogP contribution in [0.5, 0.6) is 0 Å². The van der Waals surface area contributed by atoms with Crippen LogP contribution >= 0.6 is 0 Å². The highest BCUT2D eigenvalue weighted by molar-refractivity contribution is 5.82. The van der Waals surface area contributed by atoms with Gasteiger partial charge in [0.1, 0.15) is 11.3 Å². The topological polar surface area (TPSA) is 43.8 Å². The molecule has 126 valence electrons. The van der Waals surface area contributed by atoms with Gasteiger partial charge in [0.2, 0.25) is 0 Å². The van der Waals surface area contributed by atoms with Crippen LogP contribution in [0.15, 0.2) is 42.5 Å². The number of halogens is 3. The first-order valence-electron chi connectivity index (χ1n) is 7.82. The smallest absolute Gasteiger partial charge is 0.330 e. The van der Waals surface area contributed by atoms with Crippen molar-refractivity contribution < 1.29 is 13.2 Å². The molecule has 6 heteroatoms. The van der Waals surface area contributed by atoms with E-state index in [1.807, 2.05) is 31.2 Å². The monoisotopic (exact) mass is 333 g/mol. The second-order valence-corrected chi connectivity index (χ2v) is 5.59. The molecule has 2 aromatic carbocycles. The predicted molar refractivity (Wildman–Crippen MR) is 88.2 cm³/mol. The molecule has 0 saturated carbocycles. The lowest BCUT2D eigenvalue weighted by Crippen LogP contribution is -2.05. The maximum atomic E-state index is 13.2. The van der Waals surface area contributed by atoms with Crippen LogP contribution < -0.4 is 5.73 Å². The molecule has 2 N–H and O–H groups in total. The van der Waals surface area contributed by atoms with Gasteiger partial charge in [-0.15, -0.1) is 0 Å². The Bertz CT molecular complexity index is 848. The highest BCUT2D eigenvalue weighted by Crippen LogP contribution is 2.35. The second kappa shape index (κ2) is 6.28. The molecule has 0 atom stereocenters. The van der Waals surface area contributed by atoms with E-state index in [1.165, 1.54) is 6.07 Å². The van der Waals surface area contributed by atoms with E-state index in [1.54, 1.807) is 10.6 Å². The van der Waals surface area contributed by atoms with Crippen molar-refractivity contribution in [1.82, 2.24) is 9.55 Å². The molecule has 24 heavy (non-hydrogen) atoms. The van der Waals surface area contributed by atoms with E-state index in [-0.39, 0.29) is 5.52 Å².